The fraction of sp³-hybridized carbons (Fsp3) is 0.588. The first kappa shape index (κ1) is 18.8. The fourth-order valence-electron chi connectivity index (χ4n) is 2.87. The number of carbonyl (C=O) groups is 1. The Bertz CT molecular complexity index is 486. The Hall–Kier alpha value is -1.26. The number of benzene rings is 1. The van der Waals surface area contributed by atoms with Crippen LogP contribution in [0.2, 0.25) is 0 Å². The smallest absolute Gasteiger partial charge is 0.260 e. The first-order valence-corrected chi connectivity index (χ1v) is 7.72. The van der Waals surface area contributed by atoms with Crippen molar-refractivity contribution in [1.29, 1.82) is 0 Å². The molecule has 1 amide bonds. The molecule has 0 aliphatic carbocycles. The van der Waals surface area contributed by atoms with Crippen molar-refractivity contribution >= 4 is 18.3 Å². The molecule has 0 aromatic heterocycles. The van der Waals surface area contributed by atoms with Crippen molar-refractivity contribution in [1.82, 2.24) is 10.2 Å². The van der Waals surface area contributed by atoms with Crippen LogP contribution in [0.4, 0.5) is 0 Å². The molecule has 0 saturated carbocycles. The second kappa shape index (κ2) is 9.01. The highest BCUT2D eigenvalue weighted by atomic mass is 35.5. The number of aryl methyl sites for hydroxylation is 2. The summed E-state index contributed by atoms with van der Waals surface area (Å²) in [5, 5.41) is 3.21. The van der Waals surface area contributed by atoms with Gasteiger partial charge in [-0.3, -0.25) is 4.79 Å². The van der Waals surface area contributed by atoms with Crippen LogP contribution in [-0.2, 0) is 4.79 Å². The van der Waals surface area contributed by atoms with Gasteiger partial charge in [-0.1, -0.05) is 17.7 Å². The zero-order valence-electron chi connectivity index (χ0n) is 13.7. The van der Waals surface area contributed by atoms with Gasteiger partial charge in [0.05, 0.1) is 0 Å². The van der Waals surface area contributed by atoms with E-state index in [1.165, 1.54) is 5.56 Å². The van der Waals surface area contributed by atoms with Crippen LogP contribution in [0.1, 0.15) is 24.0 Å². The monoisotopic (exact) mass is 326 g/mol. The van der Waals surface area contributed by atoms with E-state index in [1.807, 2.05) is 31.0 Å². The van der Waals surface area contributed by atoms with E-state index in [0.29, 0.717) is 5.92 Å². The van der Waals surface area contributed by atoms with E-state index in [4.69, 9.17) is 4.74 Å². The van der Waals surface area contributed by atoms with Crippen molar-refractivity contribution in [3.8, 4) is 5.75 Å². The number of piperidine rings is 1. The minimum atomic E-state index is 0. The molecule has 1 heterocycles. The third-order valence-electron chi connectivity index (χ3n) is 4.14. The molecule has 0 atom stereocenters. The molecule has 124 valence electrons. The quantitative estimate of drug-likeness (QED) is 0.904. The van der Waals surface area contributed by atoms with Crippen LogP contribution in [0, 0.1) is 19.8 Å². The summed E-state index contributed by atoms with van der Waals surface area (Å²) in [4.78, 5) is 14.1. The molecule has 2 rings (SSSR count). The lowest BCUT2D eigenvalue weighted by atomic mass is 9.97. The Morgan fingerprint density at radius 1 is 1.32 bits per heavy atom. The zero-order chi connectivity index (χ0) is 15.2. The third-order valence-corrected chi connectivity index (χ3v) is 4.14. The van der Waals surface area contributed by atoms with Gasteiger partial charge in [0.15, 0.2) is 6.61 Å². The Morgan fingerprint density at radius 3 is 2.59 bits per heavy atom. The maximum Gasteiger partial charge on any atom is 0.260 e. The number of halogens is 1. The lowest BCUT2D eigenvalue weighted by Crippen LogP contribution is -2.42. The molecule has 0 unspecified atom stereocenters. The molecular weight excluding hydrogens is 300 g/mol. The molecule has 1 fully saturated rings. The lowest BCUT2D eigenvalue weighted by molar-refractivity contribution is -0.134. The van der Waals surface area contributed by atoms with E-state index < -0.39 is 0 Å². The highest BCUT2D eigenvalue weighted by molar-refractivity contribution is 5.85. The van der Waals surface area contributed by atoms with E-state index >= 15 is 0 Å². The van der Waals surface area contributed by atoms with Crippen LogP contribution in [0.3, 0.4) is 0 Å². The van der Waals surface area contributed by atoms with Gasteiger partial charge >= 0.3 is 0 Å². The number of amides is 1. The Labute approximate surface area is 139 Å². The van der Waals surface area contributed by atoms with Crippen LogP contribution >= 0.6 is 12.4 Å². The molecule has 0 radical (unpaired) electrons. The molecule has 1 aliphatic rings. The molecular formula is C17H27ClN2O2. The van der Waals surface area contributed by atoms with Crippen LogP contribution < -0.4 is 10.1 Å². The average molecular weight is 327 g/mol. The summed E-state index contributed by atoms with van der Waals surface area (Å²) < 4.78 is 5.68. The molecule has 1 N–H and O–H groups in total. The first-order valence-electron chi connectivity index (χ1n) is 7.72. The number of nitrogens with zero attached hydrogens (tertiary/aromatic N) is 1. The number of likely N-dealkylation sites (tertiary alicyclic amines) is 1. The van der Waals surface area contributed by atoms with Crippen LogP contribution in [0.15, 0.2) is 18.2 Å². The van der Waals surface area contributed by atoms with Crippen molar-refractivity contribution < 1.29 is 9.53 Å². The third kappa shape index (κ3) is 5.18. The fourth-order valence-corrected chi connectivity index (χ4v) is 2.87. The van der Waals surface area contributed by atoms with Crippen molar-refractivity contribution in [3.63, 3.8) is 0 Å². The van der Waals surface area contributed by atoms with E-state index in [0.717, 1.165) is 43.8 Å². The molecule has 0 spiro atoms. The van der Waals surface area contributed by atoms with Gasteiger partial charge in [-0.05, 0) is 57.8 Å². The second-order valence-electron chi connectivity index (χ2n) is 5.94. The predicted octanol–water partition coefficient (Wildman–Crippen LogP) is 2.56. The van der Waals surface area contributed by atoms with Gasteiger partial charge in [0.1, 0.15) is 5.75 Å². The summed E-state index contributed by atoms with van der Waals surface area (Å²) in [6.45, 7) is 6.94. The zero-order valence-corrected chi connectivity index (χ0v) is 14.5. The molecule has 1 saturated heterocycles. The summed E-state index contributed by atoms with van der Waals surface area (Å²) in [7, 11) is 1.98. The summed E-state index contributed by atoms with van der Waals surface area (Å²) in [6.07, 6.45) is 2.16. The first-order chi connectivity index (χ1) is 10.1. The number of hydrogen-bond donors (Lipinski definition) is 1. The maximum absolute atomic E-state index is 12.2. The van der Waals surface area contributed by atoms with Crippen molar-refractivity contribution in [2.75, 3.05) is 33.3 Å². The number of hydrogen-bond acceptors (Lipinski definition) is 3. The van der Waals surface area contributed by atoms with Crippen molar-refractivity contribution in [3.05, 3.63) is 29.3 Å². The summed E-state index contributed by atoms with van der Waals surface area (Å²) in [6, 6.07) is 6.02. The SMILES string of the molecule is CNCC1CCN(C(=O)COc2ccc(C)cc2C)CC1.Cl. The van der Waals surface area contributed by atoms with Gasteiger partial charge in [-0.25, -0.2) is 0 Å². The van der Waals surface area contributed by atoms with Gasteiger partial charge in [0.2, 0.25) is 0 Å². The van der Waals surface area contributed by atoms with E-state index in [9.17, 15) is 4.79 Å². The molecule has 4 nitrogen and oxygen atoms in total. The summed E-state index contributed by atoms with van der Waals surface area (Å²) in [5.41, 5.74) is 2.29. The summed E-state index contributed by atoms with van der Waals surface area (Å²) >= 11 is 0. The average Bonchev–Trinajstić information content (AvgIpc) is 2.47. The van der Waals surface area contributed by atoms with Gasteiger partial charge in [0, 0.05) is 13.1 Å². The van der Waals surface area contributed by atoms with Gasteiger partial charge in [0.25, 0.3) is 5.91 Å². The minimum absolute atomic E-state index is 0. The number of ether oxygens (including phenoxy) is 1. The molecule has 22 heavy (non-hydrogen) atoms. The Kier molecular flexibility index (Phi) is 7.69. The maximum atomic E-state index is 12.2. The Balaban J connectivity index is 0.00000242. The van der Waals surface area contributed by atoms with Crippen LogP contribution in [0.25, 0.3) is 0 Å². The van der Waals surface area contributed by atoms with Crippen LogP contribution in [0.5, 0.6) is 5.75 Å². The number of rotatable bonds is 5. The summed E-state index contributed by atoms with van der Waals surface area (Å²) in [5.74, 6) is 1.59. The lowest BCUT2D eigenvalue weighted by Gasteiger charge is -2.31. The van der Waals surface area contributed by atoms with Gasteiger partial charge in [-0.2, -0.15) is 0 Å². The highest BCUT2D eigenvalue weighted by Gasteiger charge is 2.22. The van der Waals surface area contributed by atoms with E-state index in [1.54, 1.807) is 0 Å². The Morgan fingerprint density at radius 2 is 2.00 bits per heavy atom. The highest BCUT2D eigenvalue weighted by Crippen LogP contribution is 2.20. The van der Waals surface area contributed by atoms with Crippen LogP contribution in [-0.4, -0.2) is 44.1 Å². The normalized spacial score (nSPS) is 15.3. The number of carbonyl (C=O) groups excluding carboxylic acids is 1. The molecule has 1 aliphatic heterocycles. The molecule has 0 bridgehead atoms. The van der Waals surface area contributed by atoms with Gasteiger partial charge < -0.3 is 15.0 Å². The largest absolute Gasteiger partial charge is 0.484 e. The molecule has 1 aromatic rings. The van der Waals surface area contributed by atoms with E-state index in [-0.39, 0.29) is 24.9 Å². The molecule has 5 heteroatoms. The topological polar surface area (TPSA) is 41.6 Å². The number of nitrogens with one attached hydrogen (secondary N) is 1. The molecule has 1 aromatic carbocycles. The van der Waals surface area contributed by atoms with E-state index in [2.05, 4.69) is 18.3 Å². The van der Waals surface area contributed by atoms with Crippen molar-refractivity contribution in [2.24, 2.45) is 5.92 Å². The minimum Gasteiger partial charge on any atom is -0.484 e. The second-order valence-corrected chi connectivity index (χ2v) is 5.94. The predicted molar refractivity (Wildman–Crippen MR) is 91.9 cm³/mol. The van der Waals surface area contributed by atoms with Gasteiger partial charge in [-0.15, -0.1) is 12.4 Å². The standard InChI is InChI=1S/C17H26N2O2.ClH/c1-13-4-5-16(14(2)10-13)21-12-17(20)19-8-6-15(7-9-19)11-18-3;/h4-5,10,15,18H,6-9,11-12H2,1-3H3;1H. The van der Waals surface area contributed by atoms with Crippen molar-refractivity contribution in [2.45, 2.75) is 26.7 Å².